The van der Waals surface area contributed by atoms with Gasteiger partial charge in [-0.3, -0.25) is 0 Å². The Morgan fingerprint density at radius 3 is 2.23 bits per heavy atom. The molecule has 1 aliphatic heterocycles. The molecular weight excluding hydrogens is 491 g/mol. The zero-order chi connectivity index (χ0) is 28.4. The van der Waals surface area contributed by atoms with Crippen molar-refractivity contribution in [2.24, 2.45) is 5.10 Å². The van der Waals surface area contributed by atoms with Crippen molar-refractivity contribution in [1.29, 1.82) is 0 Å². The number of hydrogen-bond donors (Lipinski definition) is 0. The van der Waals surface area contributed by atoms with Gasteiger partial charge < -0.3 is 9.47 Å². The number of hydrogen-bond acceptors (Lipinski definition) is 5. The number of halogens is 1. The molecule has 0 aromatic heterocycles. The summed E-state index contributed by atoms with van der Waals surface area (Å²) < 4.78 is 26.6. The Kier molecular flexibility index (Phi) is 10.6. The third-order valence-electron chi connectivity index (χ3n) is 6.17. The number of rotatable bonds is 8. The van der Waals surface area contributed by atoms with Crippen LogP contribution in [0.25, 0.3) is 22.6 Å². The van der Waals surface area contributed by atoms with Crippen LogP contribution in [-0.4, -0.2) is 24.3 Å². The van der Waals surface area contributed by atoms with Gasteiger partial charge in [0.15, 0.2) is 11.5 Å². The lowest BCUT2D eigenvalue weighted by Gasteiger charge is -2.33. The summed E-state index contributed by atoms with van der Waals surface area (Å²) in [5.41, 5.74) is 5.60. The minimum absolute atomic E-state index is 0.0898. The fraction of sp³-hybridized carbons (Fsp3) is 0.273. The van der Waals surface area contributed by atoms with Crippen molar-refractivity contribution in [3.8, 4) is 11.1 Å². The molecule has 1 aliphatic rings. The van der Waals surface area contributed by atoms with E-state index in [4.69, 9.17) is 9.47 Å². The number of fused-ring (bicyclic) bond motifs is 1. The zero-order valence-corrected chi connectivity index (χ0v) is 23.6. The van der Waals surface area contributed by atoms with Crippen LogP contribution in [0.3, 0.4) is 0 Å². The van der Waals surface area contributed by atoms with Crippen molar-refractivity contribution in [1.82, 2.24) is 5.01 Å². The molecule has 0 amide bonds. The summed E-state index contributed by atoms with van der Waals surface area (Å²) in [6, 6.07) is 20.7. The van der Waals surface area contributed by atoms with E-state index < -0.39 is 11.8 Å². The van der Waals surface area contributed by atoms with E-state index >= 15 is 4.39 Å². The van der Waals surface area contributed by atoms with Gasteiger partial charge >= 0.3 is 5.97 Å². The first kappa shape index (κ1) is 29.4. The van der Waals surface area contributed by atoms with Crippen molar-refractivity contribution in [3.05, 3.63) is 107 Å². The molecule has 39 heavy (non-hydrogen) atoms. The lowest BCUT2D eigenvalue weighted by Crippen LogP contribution is -2.29. The second kappa shape index (κ2) is 14.1. The largest absolute Gasteiger partial charge is 0.486 e. The topological polar surface area (TPSA) is 51.1 Å². The molecule has 0 saturated heterocycles. The molecule has 0 bridgehead atoms. The molecular formula is C33H37FN2O3. The molecule has 0 atom stereocenters. The Morgan fingerprint density at radius 1 is 0.974 bits per heavy atom. The molecule has 0 N–H and O–H groups in total. The highest BCUT2D eigenvalue weighted by molar-refractivity contribution is 6.03. The van der Waals surface area contributed by atoms with E-state index in [1.54, 1.807) is 13.1 Å². The number of aryl methyl sites for hydroxylation is 1. The Labute approximate surface area is 231 Å². The summed E-state index contributed by atoms with van der Waals surface area (Å²) in [5.74, 6) is -0.849. The zero-order valence-electron chi connectivity index (χ0n) is 23.6. The van der Waals surface area contributed by atoms with Crippen molar-refractivity contribution >= 4 is 23.6 Å². The van der Waals surface area contributed by atoms with Crippen LogP contribution >= 0.6 is 0 Å². The van der Waals surface area contributed by atoms with E-state index in [1.165, 1.54) is 29.8 Å². The van der Waals surface area contributed by atoms with Gasteiger partial charge in [-0.2, -0.15) is 5.10 Å². The van der Waals surface area contributed by atoms with Crippen molar-refractivity contribution in [2.45, 2.75) is 54.1 Å². The van der Waals surface area contributed by atoms with E-state index in [0.717, 1.165) is 29.5 Å². The molecule has 0 radical (unpaired) electrons. The monoisotopic (exact) mass is 528 g/mol. The fourth-order valence-electron chi connectivity index (χ4n) is 4.53. The maximum Gasteiger partial charge on any atom is 0.360 e. The highest BCUT2D eigenvalue weighted by Gasteiger charge is 2.37. The molecule has 0 aliphatic carbocycles. The summed E-state index contributed by atoms with van der Waals surface area (Å²) in [6.07, 6.45) is 5.47. The third kappa shape index (κ3) is 6.45. The van der Waals surface area contributed by atoms with Crippen LogP contribution in [0.5, 0.6) is 0 Å². The molecule has 0 saturated carbocycles. The Bertz CT molecular complexity index is 1360. The molecule has 6 heteroatoms. The van der Waals surface area contributed by atoms with E-state index in [0.29, 0.717) is 16.8 Å². The van der Waals surface area contributed by atoms with E-state index in [1.807, 2.05) is 69.3 Å². The number of ether oxygens (including phenoxy) is 2. The van der Waals surface area contributed by atoms with Gasteiger partial charge in [0.1, 0.15) is 12.4 Å². The van der Waals surface area contributed by atoms with E-state index in [-0.39, 0.29) is 18.1 Å². The van der Waals surface area contributed by atoms with Crippen LogP contribution in [-0.2, 0) is 27.3 Å². The summed E-state index contributed by atoms with van der Waals surface area (Å²) in [4.78, 5) is 13.1. The van der Waals surface area contributed by atoms with Crippen LogP contribution in [0, 0.1) is 5.82 Å². The maximum atomic E-state index is 15.2. The number of hydrazone groups is 1. The highest BCUT2D eigenvalue weighted by Crippen LogP contribution is 2.45. The molecule has 3 aromatic carbocycles. The number of benzene rings is 3. The lowest BCUT2D eigenvalue weighted by atomic mass is 9.88. The molecule has 4 rings (SSSR count). The molecule has 0 unspecified atom stereocenters. The smallest absolute Gasteiger partial charge is 0.360 e. The first-order valence-corrected chi connectivity index (χ1v) is 13.4. The van der Waals surface area contributed by atoms with Crippen molar-refractivity contribution < 1.29 is 18.7 Å². The minimum atomic E-state index is -0.631. The van der Waals surface area contributed by atoms with Crippen molar-refractivity contribution in [2.75, 3.05) is 7.11 Å². The molecule has 204 valence electrons. The summed E-state index contributed by atoms with van der Waals surface area (Å²) >= 11 is 0. The number of methoxy groups -OCH3 is 1. The van der Waals surface area contributed by atoms with E-state index in [2.05, 4.69) is 24.2 Å². The predicted octanol–water partition coefficient (Wildman–Crippen LogP) is 8.21. The third-order valence-corrected chi connectivity index (χ3v) is 6.17. The number of carbonyl (C=O) groups excluding carboxylic acids is 1. The number of carbonyl (C=O) groups is 1. The minimum Gasteiger partial charge on any atom is -0.486 e. The van der Waals surface area contributed by atoms with E-state index in [9.17, 15) is 4.79 Å². The molecule has 0 fully saturated rings. The average Bonchev–Trinajstić information content (AvgIpc) is 2.97. The van der Waals surface area contributed by atoms with Crippen LogP contribution in [0.2, 0.25) is 0 Å². The average molecular weight is 529 g/mol. The summed E-state index contributed by atoms with van der Waals surface area (Å²) in [7, 11) is 1.30. The highest BCUT2D eigenvalue weighted by atomic mass is 19.1. The first-order chi connectivity index (χ1) is 19.0. The standard InChI is InChI=1S/C31H31FN2O3.C2H6/c1-5-11-21-14-16-23(17-15-21)25-18-24(32)19-26-28(25)27(6-2)34(33-7-3)29(31(35)36-4)30(26)37-20-22-12-9-8-10-13-22;1-2/h6-10,12-19H,5,11,20H2,1-4H3;1-2H3/b27-6+,33-7-;. The molecule has 3 aromatic rings. The number of esters is 1. The van der Waals surface area contributed by atoms with Gasteiger partial charge in [-0.05, 0) is 54.7 Å². The van der Waals surface area contributed by atoms with Gasteiger partial charge in [0.2, 0.25) is 0 Å². The quantitative estimate of drug-likeness (QED) is 0.218. The van der Waals surface area contributed by atoms with Crippen LogP contribution in [0.4, 0.5) is 4.39 Å². The number of nitrogens with zero attached hydrogens (tertiary/aromatic N) is 2. The van der Waals surface area contributed by atoms with Gasteiger partial charge in [-0.15, -0.1) is 0 Å². The Balaban J connectivity index is 0.00000205. The molecule has 0 spiro atoms. The number of allylic oxidation sites excluding steroid dienone is 1. The van der Waals surface area contributed by atoms with Gasteiger partial charge in [0, 0.05) is 17.3 Å². The first-order valence-electron chi connectivity index (χ1n) is 13.4. The van der Waals surface area contributed by atoms with Crippen molar-refractivity contribution in [3.63, 3.8) is 0 Å². The Hall–Kier alpha value is -4.19. The van der Waals surface area contributed by atoms with Crippen LogP contribution < -0.4 is 0 Å². The summed E-state index contributed by atoms with van der Waals surface area (Å²) in [5, 5.41) is 6.01. The lowest BCUT2D eigenvalue weighted by molar-refractivity contribution is -0.137. The van der Waals surface area contributed by atoms with Gasteiger partial charge in [0.25, 0.3) is 0 Å². The van der Waals surface area contributed by atoms with Gasteiger partial charge in [0.05, 0.1) is 12.8 Å². The second-order valence-corrected chi connectivity index (χ2v) is 8.63. The fourth-order valence-corrected chi connectivity index (χ4v) is 4.53. The second-order valence-electron chi connectivity index (χ2n) is 8.63. The van der Waals surface area contributed by atoms with Crippen LogP contribution in [0.15, 0.2) is 83.6 Å². The predicted molar refractivity (Wildman–Crippen MR) is 157 cm³/mol. The maximum absolute atomic E-state index is 15.2. The molecule has 1 heterocycles. The summed E-state index contributed by atoms with van der Waals surface area (Å²) in [6.45, 7) is 9.95. The SMILES string of the molecule is C/C=N\N1C(C(=O)OC)=C(OCc2ccccc2)c2cc(F)cc(-c3ccc(CCC)cc3)c2/C1=C\C.CC. The van der Waals surface area contributed by atoms with Crippen LogP contribution in [0.1, 0.15) is 63.3 Å². The molecule has 5 nitrogen and oxygen atoms in total. The Morgan fingerprint density at radius 2 is 1.64 bits per heavy atom. The normalized spacial score (nSPS) is 13.7. The van der Waals surface area contributed by atoms with Gasteiger partial charge in [-0.1, -0.05) is 87.9 Å². The van der Waals surface area contributed by atoms with Gasteiger partial charge in [-0.25, -0.2) is 14.2 Å².